The standard InChI is InChI=1S/C15H14N2OS/c16-8-11-9-17-15(14-6-2-1-5-13(11)14)18-10-12-4-3-7-19-12/h1-7,9H,8,10,16H2. The molecule has 19 heavy (non-hydrogen) atoms. The Balaban J connectivity index is 1.95. The third-order valence-electron chi connectivity index (χ3n) is 2.99. The molecule has 0 atom stereocenters. The third kappa shape index (κ3) is 2.45. The summed E-state index contributed by atoms with van der Waals surface area (Å²) in [7, 11) is 0. The first-order valence-corrected chi connectivity index (χ1v) is 6.98. The molecule has 2 heterocycles. The molecule has 3 nitrogen and oxygen atoms in total. The lowest BCUT2D eigenvalue weighted by Crippen LogP contribution is -2.01. The molecule has 96 valence electrons. The lowest BCUT2D eigenvalue weighted by atomic mass is 10.1. The first-order chi connectivity index (χ1) is 9.38. The Hall–Kier alpha value is -1.91. The van der Waals surface area contributed by atoms with Crippen molar-refractivity contribution in [1.82, 2.24) is 4.98 Å². The number of nitrogens with two attached hydrogens (primary N) is 1. The maximum absolute atomic E-state index is 5.82. The van der Waals surface area contributed by atoms with E-state index in [1.807, 2.05) is 29.6 Å². The minimum absolute atomic E-state index is 0.485. The molecule has 0 bridgehead atoms. The second-order valence-electron chi connectivity index (χ2n) is 4.21. The highest BCUT2D eigenvalue weighted by Crippen LogP contribution is 2.26. The molecule has 3 aromatic rings. The highest BCUT2D eigenvalue weighted by Gasteiger charge is 2.07. The summed E-state index contributed by atoms with van der Waals surface area (Å²) in [5, 5.41) is 4.17. The summed E-state index contributed by atoms with van der Waals surface area (Å²) in [6, 6.07) is 12.1. The third-order valence-corrected chi connectivity index (χ3v) is 3.84. The number of nitrogens with zero attached hydrogens (tertiary/aromatic N) is 1. The molecule has 0 aliphatic rings. The molecule has 4 heteroatoms. The quantitative estimate of drug-likeness (QED) is 0.791. The normalized spacial score (nSPS) is 10.8. The van der Waals surface area contributed by atoms with Gasteiger partial charge in [0, 0.05) is 23.0 Å². The summed E-state index contributed by atoms with van der Waals surface area (Å²) >= 11 is 1.68. The van der Waals surface area contributed by atoms with Crippen LogP contribution in [-0.4, -0.2) is 4.98 Å². The smallest absolute Gasteiger partial charge is 0.221 e. The van der Waals surface area contributed by atoms with Gasteiger partial charge in [0.15, 0.2) is 0 Å². The van der Waals surface area contributed by atoms with Crippen molar-refractivity contribution in [1.29, 1.82) is 0 Å². The number of aromatic nitrogens is 1. The zero-order valence-electron chi connectivity index (χ0n) is 10.4. The van der Waals surface area contributed by atoms with E-state index in [2.05, 4.69) is 17.1 Å². The van der Waals surface area contributed by atoms with Crippen LogP contribution in [0.5, 0.6) is 5.88 Å². The lowest BCUT2D eigenvalue weighted by molar-refractivity contribution is 0.301. The zero-order valence-corrected chi connectivity index (χ0v) is 11.2. The van der Waals surface area contributed by atoms with E-state index in [-0.39, 0.29) is 0 Å². The molecule has 0 radical (unpaired) electrons. The summed E-state index contributed by atoms with van der Waals surface area (Å²) in [6.07, 6.45) is 1.80. The van der Waals surface area contributed by atoms with Crippen molar-refractivity contribution in [3.63, 3.8) is 0 Å². The van der Waals surface area contributed by atoms with E-state index in [9.17, 15) is 0 Å². The van der Waals surface area contributed by atoms with Crippen molar-refractivity contribution < 1.29 is 4.74 Å². The predicted octanol–water partition coefficient (Wildman–Crippen LogP) is 3.33. The SMILES string of the molecule is NCc1cnc(OCc2cccs2)c2ccccc12. The fraction of sp³-hybridized carbons (Fsp3) is 0.133. The van der Waals surface area contributed by atoms with Gasteiger partial charge in [0.25, 0.3) is 0 Å². The summed E-state index contributed by atoms with van der Waals surface area (Å²) in [5.41, 5.74) is 6.78. The Labute approximate surface area is 115 Å². The molecule has 0 amide bonds. The maximum Gasteiger partial charge on any atom is 0.221 e. The molecule has 0 saturated carbocycles. The van der Waals surface area contributed by atoms with E-state index in [0.717, 1.165) is 16.3 Å². The van der Waals surface area contributed by atoms with Crippen molar-refractivity contribution in [3.8, 4) is 5.88 Å². The summed E-state index contributed by atoms with van der Waals surface area (Å²) in [6.45, 7) is 1.04. The number of fused-ring (bicyclic) bond motifs is 1. The number of pyridine rings is 1. The van der Waals surface area contributed by atoms with Gasteiger partial charge >= 0.3 is 0 Å². The number of hydrogen-bond acceptors (Lipinski definition) is 4. The highest BCUT2D eigenvalue weighted by molar-refractivity contribution is 7.09. The second kappa shape index (κ2) is 5.38. The molecule has 0 fully saturated rings. The van der Waals surface area contributed by atoms with Crippen molar-refractivity contribution >= 4 is 22.1 Å². The average molecular weight is 270 g/mol. The summed E-state index contributed by atoms with van der Waals surface area (Å²) in [5.74, 6) is 0.668. The van der Waals surface area contributed by atoms with Crippen LogP contribution in [0.1, 0.15) is 10.4 Å². The Bertz CT molecular complexity index is 680. The first kappa shape index (κ1) is 12.1. The number of rotatable bonds is 4. The van der Waals surface area contributed by atoms with Crippen LogP contribution in [0.2, 0.25) is 0 Å². The van der Waals surface area contributed by atoms with Gasteiger partial charge in [-0.05, 0) is 28.5 Å². The largest absolute Gasteiger partial charge is 0.471 e. The van der Waals surface area contributed by atoms with E-state index in [0.29, 0.717) is 19.0 Å². The van der Waals surface area contributed by atoms with Gasteiger partial charge in [0.2, 0.25) is 5.88 Å². The molecule has 2 aromatic heterocycles. The summed E-state index contributed by atoms with van der Waals surface area (Å²) < 4.78 is 5.82. The molecule has 0 saturated heterocycles. The van der Waals surface area contributed by atoms with Crippen LogP contribution >= 0.6 is 11.3 Å². The summed E-state index contributed by atoms with van der Waals surface area (Å²) in [4.78, 5) is 5.57. The Morgan fingerprint density at radius 1 is 1.11 bits per heavy atom. The molecule has 0 unspecified atom stereocenters. The number of hydrogen-bond donors (Lipinski definition) is 1. The molecule has 3 rings (SSSR count). The molecule has 0 aliphatic carbocycles. The van der Waals surface area contributed by atoms with Crippen molar-refractivity contribution in [2.75, 3.05) is 0 Å². The van der Waals surface area contributed by atoms with Gasteiger partial charge in [0.05, 0.1) is 0 Å². The molecule has 0 aliphatic heterocycles. The predicted molar refractivity (Wildman–Crippen MR) is 78.3 cm³/mol. The van der Waals surface area contributed by atoms with Crippen LogP contribution in [0, 0.1) is 0 Å². The highest BCUT2D eigenvalue weighted by atomic mass is 32.1. The van der Waals surface area contributed by atoms with Crippen LogP contribution in [-0.2, 0) is 13.2 Å². The van der Waals surface area contributed by atoms with Gasteiger partial charge in [-0.3, -0.25) is 0 Å². The number of thiophene rings is 1. The van der Waals surface area contributed by atoms with E-state index < -0.39 is 0 Å². The average Bonchev–Trinajstić information content (AvgIpc) is 2.98. The Morgan fingerprint density at radius 3 is 2.68 bits per heavy atom. The van der Waals surface area contributed by atoms with Crippen LogP contribution in [0.15, 0.2) is 48.0 Å². The fourth-order valence-electron chi connectivity index (χ4n) is 2.04. The van der Waals surface area contributed by atoms with Crippen molar-refractivity contribution in [2.45, 2.75) is 13.2 Å². The lowest BCUT2D eigenvalue weighted by Gasteiger charge is -2.09. The fourth-order valence-corrected chi connectivity index (χ4v) is 2.65. The van der Waals surface area contributed by atoms with E-state index >= 15 is 0 Å². The minimum atomic E-state index is 0.485. The van der Waals surface area contributed by atoms with Crippen LogP contribution in [0.3, 0.4) is 0 Å². The van der Waals surface area contributed by atoms with Crippen LogP contribution in [0.4, 0.5) is 0 Å². The van der Waals surface area contributed by atoms with E-state index in [1.54, 1.807) is 17.5 Å². The molecule has 1 aromatic carbocycles. The maximum atomic E-state index is 5.82. The van der Waals surface area contributed by atoms with Crippen molar-refractivity contribution in [2.24, 2.45) is 5.73 Å². The van der Waals surface area contributed by atoms with Gasteiger partial charge in [-0.15, -0.1) is 11.3 Å². The topological polar surface area (TPSA) is 48.1 Å². The monoisotopic (exact) mass is 270 g/mol. The Morgan fingerprint density at radius 2 is 1.95 bits per heavy atom. The number of benzene rings is 1. The minimum Gasteiger partial charge on any atom is -0.471 e. The molecule has 2 N–H and O–H groups in total. The van der Waals surface area contributed by atoms with Crippen LogP contribution < -0.4 is 10.5 Å². The zero-order chi connectivity index (χ0) is 13.1. The second-order valence-corrected chi connectivity index (χ2v) is 5.24. The molecule has 0 spiro atoms. The van der Waals surface area contributed by atoms with Gasteiger partial charge in [0.1, 0.15) is 6.61 Å². The molecular formula is C15H14N2OS. The first-order valence-electron chi connectivity index (χ1n) is 6.10. The number of ether oxygens (including phenoxy) is 1. The van der Waals surface area contributed by atoms with Gasteiger partial charge < -0.3 is 10.5 Å². The van der Waals surface area contributed by atoms with Gasteiger partial charge in [-0.1, -0.05) is 24.3 Å². The Kier molecular flexibility index (Phi) is 3.44. The van der Waals surface area contributed by atoms with Gasteiger partial charge in [-0.25, -0.2) is 4.98 Å². The van der Waals surface area contributed by atoms with E-state index in [1.165, 1.54) is 4.88 Å². The van der Waals surface area contributed by atoms with Crippen molar-refractivity contribution in [3.05, 3.63) is 58.4 Å². The van der Waals surface area contributed by atoms with E-state index in [4.69, 9.17) is 10.5 Å². The van der Waals surface area contributed by atoms with Crippen LogP contribution in [0.25, 0.3) is 10.8 Å². The van der Waals surface area contributed by atoms with Gasteiger partial charge in [-0.2, -0.15) is 0 Å². The molecular weight excluding hydrogens is 256 g/mol.